The number of benzene rings is 1. The van der Waals surface area contributed by atoms with E-state index < -0.39 is 11.7 Å². The maximum Gasteiger partial charge on any atom is 0.417 e. The molecule has 1 N–H and O–H groups in total. The summed E-state index contributed by atoms with van der Waals surface area (Å²) in [6.45, 7) is 1.79. The molecule has 0 radical (unpaired) electrons. The monoisotopic (exact) mass is 511 g/mol. The zero-order valence-corrected chi connectivity index (χ0v) is 19.1. The fraction of sp³-hybridized carbons (Fsp3) is 0.650. The Morgan fingerprint density at radius 1 is 1.07 bits per heavy atom. The van der Waals surface area contributed by atoms with Crippen LogP contribution in [0.15, 0.2) is 21.4 Å². The van der Waals surface area contributed by atoms with Crippen LogP contribution in [0, 0.1) is 0 Å². The molecule has 0 atom stereocenters. The largest absolute Gasteiger partial charge is 0.417 e. The molecule has 1 aromatic heterocycles. The van der Waals surface area contributed by atoms with E-state index in [0.29, 0.717) is 17.7 Å². The van der Waals surface area contributed by atoms with Gasteiger partial charge in [-0.05, 0) is 50.7 Å². The van der Waals surface area contributed by atoms with Crippen LogP contribution in [0.1, 0.15) is 50.1 Å². The predicted octanol–water partition coefficient (Wildman–Crippen LogP) is 5.13. The third-order valence-electron chi connectivity index (χ3n) is 6.47. The van der Waals surface area contributed by atoms with Gasteiger partial charge in [-0.25, -0.2) is 4.79 Å². The number of piperidine rings is 1. The van der Waals surface area contributed by atoms with Crippen LogP contribution in [0.2, 0.25) is 0 Å². The fourth-order valence-corrected chi connectivity index (χ4v) is 5.44. The number of H-pyrrole nitrogens is 1. The molecule has 1 saturated heterocycles. The number of aromatic amines is 1. The zero-order valence-electron chi connectivity index (χ0n) is 16.7. The van der Waals surface area contributed by atoms with Gasteiger partial charge >= 0.3 is 11.9 Å². The summed E-state index contributed by atoms with van der Waals surface area (Å²) in [5.41, 5.74) is -0.370. The molecule has 2 aliphatic rings. The number of alkyl halides is 3. The van der Waals surface area contributed by atoms with Crippen LogP contribution in [0.3, 0.4) is 0 Å². The molecule has 5 nitrogen and oxygen atoms in total. The van der Waals surface area contributed by atoms with Gasteiger partial charge in [0.1, 0.15) is 0 Å². The lowest BCUT2D eigenvalue weighted by Crippen LogP contribution is -2.45. The van der Waals surface area contributed by atoms with Crippen molar-refractivity contribution in [2.45, 2.75) is 62.9 Å². The highest BCUT2D eigenvalue weighted by Crippen LogP contribution is 2.38. The van der Waals surface area contributed by atoms with Crippen LogP contribution in [-0.2, 0) is 10.9 Å². The molecule has 0 bridgehead atoms. The highest BCUT2D eigenvalue weighted by molar-refractivity contribution is 9.10. The van der Waals surface area contributed by atoms with E-state index >= 15 is 0 Å². The number of hydrogen-bond acceptors (Lipinski definition) is 3. The van der Waals surface area contributed by atoms with Crippen LogP contribution in [-0.4, -0.2) is 46.8 Å². The molecule has 0 unspecified atom stereocenters. The lowest BCUT2D eigenvalue weighted by Gasteiger charge is -2.40. The SMILES string of the molecule is CO[C@H]1CC[C@H](N2CCC(n3c(=O)[nH]c4cc(C(F)(F)F)c(Br)cc43)CC2)CC1.Cl. The summed E-state index contributed by atoms with van der Waals surface area (Å²) in [6.07, 6.45) is 1.95. The van der Waals surface area contributed by atoms with Crippen LogP contribution in [0.25, 0.3) is 11.0 Å². The summed E-state index contributed by atoms with van der Waals surface area (Å²) in [7, 11) is 1.77. The van der Waals surface area contributed by atoms with Gasteiger partial charge in [-0.2, -0.15) is 13.2 Å². The number of likely N-dealkylation sites (tertiary alicyclic amines) is 1. The molecule has 2 fully saturated rings. The third kappa shape index (κ3) is 4.59. The predicted molar refractivity (Wildman–Crippen MR) is 115 cm³/mol. The number of fused-ring (bicyclic) bond motifs is 1. The number of methoxy groups -OCH3 is 1. The minimum atomic E-state index is -4.47. The first-order chi connectivity index (χ1) is 13.8. The number of halogens is 5. The van der Waals surface area contributed by atoms with Crippen molar-refractivity contribution in [3.05, 3.63) is 32.7 Å². The zero-order chi connectivity index (χ0) is 20.8. The van der Waals surface area contributed by atoms with Gasteiger partial charge in [0.2, 0.25) is 0 Å². The van der Waals surface area contributed by atoms with E-state index in [1.54, 1.807) is 11.7 Å². The first-order valence-corrected chi connectivity index (χ1v) is 10.8. The third-order valence-corrected chi connectivity index (χ3v) is 7.12. The molecule has 168 valence electrons. The maximum absolute atomic E-state index is 13.2. The summed E-state index contributed by atoms with van der Waals surface area (Å²) in [5, 5.41) is 0. The molecule has 4 rings (SSSR count). The van der Waals surface area contributed by atoms with E-state index in [9.17, 15) is 18.0 Å². The summed E-state index contributed by atoms with van der Waals surface area (Å²) < 4.78 is 46.5. The minimum absolute atomic E-state index is 0. The number of nitrogens with one attached hydrogen (secondary N) is 1. The smallest absolute Gasteiger partial charge is 0.381 e. The Labute approximate surface area is 187 Å². The number of aromatic nitrogens is 2. The van der Waals surface area contributed by atoms with Crippen molar-refractivity contribution < 1.29 is 17.9 Å². The molecule has 0 spiro atoms. The molecule has 1 aromatic carbocycles. The molecule has 30 heavy (non-hydrogen) atoms. The molecular formula is C20H26BrClF3N3O2. The Bertz CT molecular complexity index is 930. The normalized spacial score (nSPS) is 24.2. The first-order valence-electron chi connectivity index (χ1n) is 10.1. The molecule has 10 heteroatoms. The van der Waals surface area contributed by atoms with Crippen LogP contribution in [0.5, 0.6) is 0 Å². The minimum Gasteiger partial charge on any atom is -0.381 e. The number of hydrogen-bond donors (Lipinski definition) is 1. The van der Waals surface area contributed by atoms with Crippen molar-refractivity contribution in [1.82, 2.24) is 14.5 Å². The standard InChI is InChI=1S/C20H25BrF3N3O2.ClH/c1-29-14-4-2-12(3-5-14)26-8-6-13(7-9-26)27-18-11-16(21)15(20(22,23)24)10-17(18)25-19(27)28;/h10-14H,2-9H2,1H3,(H,25,28);1H/t12-,14-;. The van der Waals surface area contributed by atoms with E-state index in [1.807, 2.05) is 0 Å². The molecule has 1 aliphatic heterocycles. The van der Waals surface area contributed by atoms with Crippen molar-refractivity contribution in [3.8, 4) is 0 Å². The van der Waals surface area contributed by atoms with E-state index in [0.717, 1.165) is 57.7 Å². The average molecular weight is 513 g/mol. The topological polar surface area (TPSA) is 50.3 Å². The van der Waals surface area contributed by atoms with Crippen molar-refractivity contribution in [3.63, 3.8) is 0 Å². The van der Waals surface area contributed by atoms with Gasteiger partial charge in [-0.1, -0.05) is 15.9 Å². The molecular weight excluding hydrogens is 487 g/mol. The van der Waals surface area contributed by atoms with Gasteiger partial charge in [0, 0.05) is 36.8 Å². The van der Waals surface area contributed by atoms with E-state index in [4.69, 9.17) is 4.74 Å². The number of ether oxygens (including phenoxy) is 1. The molecule has 0 amide bonds. The highest BCUT2D eigenvalue weighted by Gasteiger charge is 2.35. The average Bonchev–Trinajstić information content (AvgIpc) is 3.01. The number of nitrogens with zero attached hydrogens (tertiary/aromatic N) is 2. The van der Waals surface area contributed by atoms with Crippen LogP contribution in [0.4, 0.5) is 13.2 Å². The Morgan fingerprint density at radius 2 is 1.70 bits per heavy atom. The number of rotatable bonds is 3. The lowest BCUT2D eigenvalue weighted by atomic mass is 9.90. The van der Waals surface area contributed by atoms with E-state index in [-0.39, 0.29) is 34.1 Å². The van der Waals surface area contributed by atoms with Gasteiger partial charge in [0.15, 0.2) is 0 Å². The Morgan fingerprint density at radius 3 is 2.27 bits per heavy atom. The molecule has 2 aromatic rings. The second-order valence-electron chi connectivity index (χ2n) is 8.08. The quantitative estimate of drug-likeness (QED) is 0.621. The Balaban J connectivity index is 0.00000256. The molecule has 1 aliphatic carbocycles. The van der Waals surface area contributed by atoms with Gasteiger partial charge < -0.3 is 14.6 Å². The van der Waals surface area contributed by atoms with Crippen molar-refractivity contribution in [2.75, 3.05) is 20.2 Å². The van der Waals surface area contributed by atoms with Gasteiger partial charge in [-0.3, -0.25) is 4.57 Å². The summed E-state index contributed by atoms with van der Waals surface area (Å²) in [6, 6.07) is 2.98. The summed E-state index contributed by atoms with van der Waals surface area (Å²) in [5.74, 6) is 0. The second-order valence-corrected chi connectivity index (χ2v) is 8.93. The van der Waals surface area contributed by atoms with E-state index in [1.165, 1.54) is 6.07 Å². The lowest BCUT2D eigenvalue weighted by molar-refractivity contribution is -0.138. The summed E-state index contributed by atoms with van der Waals surface area (Å²) in [4.78, 5) is 17.7. The van der Waals surface area contributed by atoms with Gasteiger partial charge in [-0.15, -0.1) is 12.4 Å². The van der Waals surface area contributed by atoms with Crippen molar-refractivity contribution in [2.24, 2.45) is 0 Å². The number of imidazole rings is 1. The van der Waals surface area contributed by atoms with Crippen LogP contribution < -0.4 is 5.69 Å². The van der Waals surface area contributed by atoms with Crippen LogP contribution >= 0.6 is 28.3 Å². The van der Waals surface area contributed by atoms with Crippen molar-refractivity contribution >= 4 is 39.4 Å². The Hall–Kier alpha value is -1.03. The van der Waals surface area contributed by atoms with E-state index in [2.05, 4.69) is 25.8 Å². The second kappa shape index (κ2) is 9.22. The Kier molecular flexibility index (Phi) is 7.26. The highest BCUT2D eigenvalue weighted by atomic mass is 79.9. The maximum atomic E-state index is 13.2. The molecule has 1 saturated carbocycles. The summed E-state index contributed by atoms with van der Waals surface area (Å²) >= 11 is 3.03. The first kappa shape index (κ1) is 23.6. The van der Waals surface area contributed by atoms with Gasteiger partial charge in [0.05, 0.1) is 22.7 Å². The molecule has 2 heterocycles. The van der Waals surface area contributed by atoms with Crippen molar-refractivity contribution in [1.29, 1.82) is 0 Å². The van der Waals surface area contributed by atoms with Gasteiger partial charge in [0.25, 0.3) is 0 Å². The fourth-order valence-electron chi connectivity index (χ4n) is 4.88.